The molecule has 1 saturated heterocycles. The van der Waals surface area contributed by atoms with Gasteiger partial charge in [0.25, 0.3) is 11.6 Å². The van der Waals surface area contributed by atoms with Crippen molar-refractivity contribution < 1.29 is 27.3 Å². The molecule has 1 amide bonds. The molecule has 3 aromatic rings. The Balaban J connectivity index is 1.61. The van der Waals surface area contributed by atoms with E-state index in [0.717, 1.165) is 28.8 Å². The highest BCUT2D eigenvalue weighted by molar-refractivity contribution is 8.27. The first kappa shape index (κ1) is 23.0. The Hall–Kier alpha value is -3.15. The van der Waals surface area contributed by atoms with E-state index < -0.39 is 22.6 Å². The van der Waals surface area contributed by atoms with Crippen LogP contribution >= 0.6 is 35.6 Å². The van der Waals surface area contributed by atoms with E-state index in [2.05, 4.69) is 0 Å². The van der Waals surface area contributed by atoms with Crippen LogP contribution in [0.1, 0.15) is 11.3 Å². The van der Waals surface area contributed by atoms with Crippen molar-refractivity contribution in [3.8, 4) is 11.3 Å². The number of anilines is 1. The van der Waals surface area contributed by atoms with Gasteiger partial charge in [-0.05, 0) is 42.5 Å². The molecule has 33 heavy (non-hydrogen) atoms. The monoisotopic (exact) mass is 510 g/mol. The highest BCUT2D eigenvalue weighted by Gasteiger charge is 2.36. The summed E-state index contributed by atoms with van der Waals surface area (Å²) in [5.74, 6) is -0.0362. The van der Waals surface area contributed by atoms with Gasteiger partial charge in [0.1, 0.15) is 16.5 Å². The van der Waals surface area contributed by atoms with Gasteiger partial charge in [-0.15, -0.1) is 0 Å². The lowest BCUT2D eigenvalue weighted by Crippen LogP contribution is -2.27. The second-order valence-corrected chi connectivity index (χ2v) is 8.77. The second-order valence-electron chi connectivity index (χ2n) is 6.69. The standard InChI is InChI=1S/C21H10ClF3N2O4S2/c22-15-6-4-11(8-16(15)27(29)30)17-7-5-14(31-17)10-18-19(28)26(20(32)33-18)13-3-1-2-12(9-13)21(23,24)25/h1-10H/b18-10-. The van der Waals surface area contributed by atoms with Crippen molar-refractivity contribution in [3.63, 3.8) is 0 Å². The van der Waals surface area contributed by atoms with Gasteiger partial charge in [0, 0.05) is 17.7 Å². The molecule has 0 spiro atoms. The third-order valence-corrected chi connectivity index (χ3v) is 6.17. The van der Waals surface area contributed by atoms with Crippen LogP contribution in [-0.4, -0.2) is 15.2 Å². The predicted molar refractivity (Wildman–Crippen MR) is 123 cm³/mol. The molecule has 0 N–H and O–H groups in total. The van der Waals surface area contributed by atoms with Crippen molar-refractivity contribution in [1.29, 1.82) is 0 Å². The lowest BCUT2D eigenvalue weighted by atomic mass is 10.1. The molecule has 12 heteroatoms. The van der Waals surface area contributed by atoms with Crippen LogP contribution in [0.3, 0.4) is 0 Å². The number of alkyl halides is 3. The molecule has 6 nitrogen and oxygen atoms in total. The van der Waals surface area contributed by atoms with Crippen LogP contribution in [0.25, 0.3) is 17.4 Å². The fraction of sp³-hybridized carbons (Fsp3) is 0.0476. The molecular formula is C21H10ClF3N2O4S2. The van der Waals surface area contributed by atoms with Crippen LogP contribution in [0.4, 0.5) is 24.5 Å². The molecule has 0 radical (unpaired) electrons. The molecule has 0 bridgehead atoms. The van der Waals surface area contributed by atoms with E-state index in [0.29, 0.717) is 11.3 Å². The topological polar surface area (TPSA) is 76.6 Å². The van der Waals surface area contributed by atoms with Crippen molar-refractivity contribution in [1.82, 2.24) is 0 Å². The van der Waals surface area contributed by atoms with E-state index in [1.165, 1.54) is 30.3 Å². The van der Waals surface area contributed by atoms with Crippen LogP contribution in [-0.2, 0) is 11.0 Å². The maximum absolute atomic E-state index is 13.0. The zero-order valence-electron chi connectivity index (χ0n) is 16.1. The van der Waals surface area contributed by atoms with Gasteiger partial charge in [0.15, 0.2) is 4.32 Å². The molecule has 168 valence electrons. The molecule has 1 fully saturated rings. The number of hydrogen-bond acceptors (Lipinski definition) is 6. The summed E-state index contributed by atoms with van der Waals surface area (Å²) in [4.78, 5) is 24.5. The van der Waals surface area contributed by atoms with E-state index in [9.17, 15) is 28.1 Å². The Morgan fingerprint density at radius 3 is 2.61 bits per heavy atom. The normalized spacial score (nSPS) is 15.5. The molecule has 2 aromatic carbocycles. The first-order valence-electron chi connectivity index (χ1n) is 9.04. The first-order chi connectivity index (χ1) is 15.5. The quantitative estimate of drug-likeness (QED) is 0.164. The van der Waals surface area contributed by atoms with E-state index in [-0.39, 0.29) is 31.4 Å². The smallest absolute Gasteiger partial charge is 0.416 e. The maximum atomic E-state index is 13.0. The summed E-state index contributed by atoms with van der Waals surface area (Å²) in [6.07, 6.45) is -3.16. The summed E-state index contributed by atoms with van der Waals surface area (Å²) >= 11 is 11.9. The molecule has 1 aliphatic heterocycles. The van der Waals surface area contributed by atoms with Crippen LogP contribution in [0.15, 0.2) is 63.9 Å². The van der Waals surface area contributed by atoms with Gasteiger partial charge in [-0.2, -0.15) is 13.2 Å². The Morgan fingerprint density at radius 2 is 1.91 bits per heavy atom. The average Bonchev–Trinajstić information content (AvgIpc) is 3.32. The minimum Gasteiger partial charge on any atom is -0.457 e. The lowest BCUT2D eigenvalue weighted by Gasteiger charge is -2.16. The van der Waals surface area contributed by atoms with Crippen molar-refractivity contribution in [2.75, 3.05) is 4.90 Å². The fourth-order valence-corrected chi connectivity index (χ4v) is 4.50. The van der Waals surface area contributed by atoms with E-state index in [1.54, 1.807) is 18.2 Å². The van der Waals surface area contributed by atoms with Gasteiger partial charge < -0.3 is 4.42 Å². The lowest BCUT2D eigenvalue weighted by molar-refractivity contribution is -0.384. The first-order valence-corrected chi connectivity index (χ1v) is 10.6. The number of nitro groups is 1. The van der Waals surface area contributed by atoms with E-state index in [1.807, 2.05) is 0 Å². The number of carbonyl (C=O) groups is 1. The number of rotatable bonds is 4. The number of thiocarbonyl (C=S) groups is 1. The molecular weight excluding hydrogens is 501 g/mol. The molecule has 0 atom stereocenters. The molecule has 1 aromatic heterocycles. The number of carbonyl (C=O) groups excluding carboxylic acids is 1. The largest absolute Gasteiger partial charge is 0.457 e. The summed E-state index contributed by atoms with van der Waals surface area (Å²) in [5.41, 5.74) is -0.772. The summed E-state index contributed by atoms with van der Waals surface area (Å²) in [6.45, 7) is 0. The summed E-state index contributed by atoms with van der Waals surface area (Å²) in [6, 6.07) is 11.6. The third kappa shape index (κ3) is 4.65. The second kappa shape index (κ2) is 8.65. The van der Waals surface area contributed by atoms with Crippen molar-refractivity contribution >= 4 is 63.3 Å². The van der Waals surface area contributed by atoms with Crippen molar-refractivity contribution in [3.05, 3.63) is 86.0 Å². The number of amides is 1. The Kier molecular flexibility index (Phi) is 6.04. The minimum absolute atomic E-state index is 0.00401. The number of hydrogen-bond donors (Lipinski definition) is 0. The average molecular weight is 511 g/mol. The van der Waals surface area contributed by atoms with E-state index >= 15 is 0 Å². The van der Waals surface area contributed by atoms with Crippen LogP contribution in [0.2, 0.25) is 5.02 Å². The number of benzene rings is 2. The fourth-order valence-electron chi connectivity index (χ4n) is 3.03. The number of nitrogens with zero attached hydrogens (tertiary/aromatic N) is 2. The number of furan rings is 1. The number of nitro benzene ring substituents is 1. The Bertz CT molecular complexity index is 1340. The van der Waals surface area contributed by atoms with Gasteiger partial charge in [-0.3, -0.25) is 19.8 Å². The summed E-state index contributed by atoms with van der Waals surface area (Å²) in [7, 11) is 0. The highest BCUT2D eigenvalue weighted by Crippen LogP contribution is 2.39. The minimum atomic E-state index is -4.56. The number of thioether (sulfide) groups is 1. The molecule has 2 heterocycles. The summed E-state index contributed by atoms with van der Waals surface area (Å²) in [5, 5.41) is 11.1. The molecule has 4 rings (SSSR count). The molecule has 0 unspecified atom stereocenters. The van der Waals surface area contributed by atoms with Crippen LogP contribution in [0.5, 0.6) is 0 Å². The predicted octanol–water partition coefficient (Wildman–Crippen LogP) is 6.93. The van der Waals surface area contributed by atoms with Crippen molar-refractivity contribution in [2.45, 2.75) is 6.18 Å². The Morgan fingerprint density at radius 1 is 1.15 bits per heavy atom. The van der Waals surface area contributed by atoms with Gasteiger partial charge in [0.2, 0.25) is 0 Å². The van der Waals surface area contributed by atoms with Crippen LogP contribution < -0.4 is 4.90 Å². The van der Waals surface area contributed by atoms with Gasteiger partial charge in [-0.25, -0.2) is 0 Å². The van der Waals surface area contributed by atoms with E-state index in [4.69, 9.17) is 28.2 Å². The summed E-state index contributed by atoms with van der Waals surface area (Å²) < 4.78 is 44.9. The SMILES string of the molecule is O=C1/C(=C/c2ccc(-c3ccc(Cl)c([N+](=O)[O-])c3)o2)SC(=S)N1c1cccc(C(F)(F)F)c1. The van der Waals surface area contributed by atoms with Gasteiger partial charge >= 0.3 is 6.18 Å². The maximum Gasteiger partial charge on any atom is 0.416 e. The molecule has 1 aliphatic rings. The van der Waals surface area contributed by atoms with Gasteiger partial charge in [-0.1, -0.05) is 41.6 Å². The highest BCUT2D eigenvalue weighted by atomic mass is 35.5. The zero-order valence-corrected chi connectivity index (χ0v) is 18.5. The Labute approximate surface area is 198 Å². The third-order valence-electron chi connectivity index (χ3n) is 4.55. The zero-order chi connectivity index (χ0) is 23.9. The number of halogens is 4. The van der Waals surface area contributed by atoms with Gasteiger partial charge in [0.05, 0.1) is 21.1 Å². The van der Waals surface area contributed by atoms with Crippen molar-refractivity contribution in [2.24, 2.45) is 0 Å². The molecule has 0 saturated carbocycles. The van der Waals surface area contributed by atoms with Crippen LogP contribution in [0, 0.1) is 10.1 Å². The molecule has 0 aliphatic carbocycles.